The number of carbonyl (C=O) groups is 1. The van der Waals surface area contributed by atoms with E-state index >= 15 is 0 Å². The number of benzene rings is 3. The van der Waals surface area contributed by atoms with Crippen LogP contribution in [0.15, 0.2) is 78.9 Å². The monoisotopic (exact) mass is 400 g/mol. The largest absolute Gasteiger partial charge is 0.489 e. The van der Waals surface area contributed by atoms with Crippen LogP contribution in [-0.4, -0.2) is 12.5 Å². The van der Waals surface area contributed by atoms with Crippen LogP contribution in [0.4, 0.5) is 24.5 Å². The van der Waals surface area contributed by atoms with Crippen LogP contribution in [0.1, 0.15) is 11.1 Å². The van der Waals surface area contributed by atoms with Gasteiger partial charge >= 0.3 is 6.18 Å². The van der Waals surface area contributed by atoms with Gasteiger partial charge in [-0.05, 0) is 48.0 Å². The lowest BCUT2D eigenvalue weighted by Gasteiger charge is -2.11. The Balaban J connectivity index is 1.48. The van der Waals surface area contributed by atoms with Gasteiger partial charge < -0.3 is 15.4 Å². The number of rotatable bonds is 7. The van der Waals surface area contributed by atoms with Gasteiger partial charge in [-0.15, -0.1) is 0 Å². The van der Waals surface area contributed by atoms with Crippen LogP contribution >= 0.6 is 0 Å². The third-order valence-corrected chi connectivity index (χ3v) is 4.03. The lowest BCUT2D eigenvalue weighted by molar-refractivity contribution is -0.137. The Morgan fingerprint density at radius 1 is 0.862 bits per heavy atom. The van der Waals surface area contributed by atoms with Gasteiger partial charge in [0, 0.05) is 11.4 Å². The Morgan fingerprint density at radius 2 is 1.59 bits per heavy atom. The van der Waals surface area contributed by atoms with Crippen LogP contribution in [0.5, 0.6) is 5.75 Å². The van der Waals surface area contributed by atoms with Gasteiger partial charge in [-0.3, -0.25) is 4.79 Å². The Labute approximate surface area is 166 Å². The van der Waals surface area contributed by atoms with Gasteiger partial charge in [-0.1, -0.05) is 36.4 Å². The topological polar surface area (TPSA) is 50.4 Å². The van der Waals surface area contributed by atoms with E-state index in [4.69, 9.17) is 4.74 Å². The third kappa shape index (κ3) is 6.27. The van der Waals surface area contributed by atoms with E-state index in [1.807, 2.05) is 30.3 Å². The number of ether oxygens (including phenoxy) is 1. The fourth-order valence-electron chi connectivity index (χ4n) is 2.57. The predicted octanol–water partition coefficient (Wildman–Crippen LogP) is 5.34. The van der Waals surface area contributed by atoms with Gasteiger partial charge in [0.05, 0.1) is 12.1 Å². The molecular formula is C22H19F3N2O2. The Hall–Kier alpha value is -3.48. The molecule has 0 spiro atoms. The van der Waals surface area contributed by atoms with Crippen LogP contribution in [0.2, 0.25) is 0 Å². The van der Waals surface area contributed by atoms with Crippen molar-refractivity contribution >= 4 is 17.3 Å². The molecule has 0 aliphatic heterocycles. The van der Waals surface area contributed by atoms with Gasteiger partial charge in [0.25, 0.3) is 0 Å². The molecule has 3 aromatic carbocycles. The van der Waals surface area contributed by atoms with Crippen molar-refractivity contribution in [3.8, 4) is 5.75 Å². The molecule has 0 fully saturated rings. The van der Waals surface area contributed by atoms with Gasteiger partial charge in [0.15, 0.2) is 0 Å². The maximum Gasteiger partial charge on any atom is 0.416 e. The summed E-state index contributed by atoms with van der Waals surface area (Å²) >= 11 is 0. The summed E-state index contributed by atoms with van der Waals surface area (Å²) in [5.74, 6) is 0.238. The molecule has 0 saturated heterocycles. The number of halogens is 3. The van der Waals surface area contributed by atoms with E-state index in [1.165, 1.54) is 12.1 Å². The number of nitrogens with one attached hydrogen (secondary N) is 2. The van der Waals surface area contributed by atoms with Crippen molar-refractivity contribution in [3.05, 3.63) is 90.0 Å². The lowest BCUT2D eigenvalue weighted by Crippen LogP contribution is -2.22. The Kier molecular flexibility index (Phi) is 6.39. The number of hydrogen-bond donors (Lipinski definition) is 2. The first kappa shape index (κ1) is 20.3. The number of carbonyl (C=O) groups excluding carboxylic acids is 1. The van der Waals surface area contributed by atoms with Crippen molar-refractivity contribution in [3.63, 3.8) is 0 Å². The van der Waals surface area contributed by atoms with Gasteiger partial charge in [-0.25, -0.2) is 0 Å². The average Bonchev–Trinajstić information content (AvgIpc) is 2.72. The molecule has 0 bridgehead atoms. The molecule has 4 nitrogen and oxygen atoms in total. The molecule has 2 N–H and O–H groups in total. The summed E-state index contributed by atoms with van der Waals surface area (Å²) in [6, 6.07) is 21.3. The number of alkyl halides is 3. The summed E-state index contributed by atoms with van der Waals surface area (Å²) in [6.07, 6.45) is -4.46. The summed E-state index contributed by atoms with van der Waals surface area (Å²) in [7, 11) is 0. The van der Waals surface area contributed by atoms with Crippen LogP contribution in [-0.2, 0) is 17.6 Å². The van der Waals surface area contributed by atoms with E-state index in [-0.39, 0.29) is 12.2 Å². The second-order valence-electron chi connectivity index (χ2n) is 6.28. The molecule has 0 radical (unpaired) electrons. The van der Waals surface area contributed by atoms with E-state index in [1.54, 1.807) is 24.3 Å². The minimum absolute atomic E-state index is 0.0829. The van der Waals surface area contributed by atoms with Crippen molar-refractivity contribution in [1.29, 1.82) is 0 Å². The SMILES string of the molecule is O=C(CNc1ccc(OCc2ccccc2)cc1)Nc1cccc(C(F)(F)F)c1. The first-order valence-electron chi connectivity index (χ1n) is 8.88. The standard InChI is InChI=1S/C22H19F3N2O2/c23-22(24,25)17-7-4-8-19(13-17)27-21(28)14-26-18-9-11-20(12-10-18)29-15-16-5-2-1-3-6-16/h1-13,26H,14-15H2,(H,27,28). The fraction of sp³-hybridized carbons (Fsp3) is 0.136. The van der Waals surface area contributed by atoms with Crippen molar-refractivity contribution < 1.29 is 22.7 Å². The first-order chi connectivity index (χ1) is 13.9. The lowest BCUT2D eigenvalue weighted by atomic mass is 10.2. The Bertz CT molecular complexity index is 942. The molecule has 0 heterocycles. The van der Waals surface area contributed by atoms with Crippen LogP contribution in [0, 0.1) is 0 Å². The van der Waals surface area contributed by atoms with Gasteiger partial charge in [-0.2, -0.15) is 13.2 Å². The van der Waals surface area contributed by atoms with Crippen molar-refractivity contribution in [1.82, 2.24) is 0 Å². The summed E-state index contributed by atoms with van der Waals surface area (Å²) in [5, 5.41) is 5.37. The molecule has 1 amide bonds. The van der Waals surface area contributed by atoms with Gasteiger partial charge in [0.1, 0.15) is 12.4 Å². The molecule has 29 heavy (non-hydrogen) atoms. The molecule has 0 aromatic heterocycles. The summed E-state index contributed by atoms with van der Waals surface area (Å²) < 4.78 is 43.9. The molecule has 150 valence electrons. The van der Waals surface area contributed by atoms with E-state index in [0.29, 0.717) is 18.0 Å². The van der Waals surface area contributed by atoms with E-state index in [2.05, 4.69) is 10.6 Å². The molecule has 0 atom stereocenters. The number of hydrogen-bond acceptors (Lipinski definition) is 3. The first-order valence-corrected chi connectivity index (χ1v) is 8.88. The molecule has 0 saturated carbocycles. The molecule has 3 aromatic rings. The van der Waals surface area contributed by atoms with Crippen LogP contribution < -0.4 is 15.4 Å². The summed E-state index contributed by atoms with van der Waals surface area (Å²) in [4.78, 5) is 12.0. The quantitative estimate of drug-likeness (QED) is 0.563. The zero-order valence-corrected chi connectivity index (χ0v) is 15.4. The van der Waals surface area contributed by atoms with Crippen molar-refractivity contribution in [2.75, 3.05) is 17.2 Å². The third-order valence-electron chi connectivity index (χ3n) is 4.03. The van der Waals surface area contributed by atoms with E-state index < -0.39 is 17.6 Å². The van der Waals surface area contributed by atoms with E-state index in [0.717, 1.165) is 17.7 Å². The zero-order chi connectivity index (χ0) is 20.7. The summed E-state index contributed by atoms with van der Waals surface area (Å²) in [6.45, 7) is 0.369. The highest BCUT2D eigenvalue weighted by Gasteiger charge is 2.30. The second-order valence-corrected chi connectivity index (χ2v) is 6.28. The molecular weight excluding hydrogens is 381 g/mol. The molecule has 0 unspecified atom stereocenters. The zero-order valence-electron chi connectivity index (χ0n) is 15.4. The smallest absolute Gasteiger partial charge is 0.416 e. The number of anilines is 2. The van der Waals surface area contributed by atoms with Crippen LogP contribution in [0.25, 0.3) is 0 Å². The normalized spacial score (nSPS) is 11.0. The minimum atomic E-state index is -4.46. The average molecular weight is 400 g/mol. The van der Waals surface area contributed by atoms with Gasteiger partial charge in [0.2, 0.25) is 5.91 Å². The Morgan fingerprint density at radius 3 is 2.28 bits per heavy atom. The molecule has 0 aliphatic rings. The highest BCUT2D eigenvalue weighted by atomic mass is 19.4. The molecule has 7 heteroatoms. The minimum Gasteiger partial charge on any atom is -0.489 e. The predicted molar refractivity (Wildman–Crippen MR) is 106 cm³/mol. The van der Waals surface area contributed by atoms with E-state index in [9.17, 15) is 18.0 Å². The molecule has 0 aliphatic carbocycles. The second kappa shape index (κ2) is 9.14. The highest BCUT2D eigenvalue weighted by Crippen LogP contribution is 2.30. The maximum absolute atomic E-state index is 12.7. The highest BCUT2D eigenvalue weighted by molar-refractivity contribution is 5.93. The maximum atomic E-state index is 12.7. The molecule has 3 rings (SSSR count). The van der Waals surface area contributed by atoms with Crippen molar-refractivity contribution in [2.45, 2.75) is 12.8 Å². The van der Waals surface area contributed by atoms with Crippen LogP contribution in [0.3, 0.4) is 0 Å². The van der Waals surface area contributed by atoms with Crippen molar-refractivity contribution in [2.24, 2.45) is 0 Å². The fourth-order valence-corrected chi connectivity index (χ4v) is 2.57. The summed E-state index contributed by atoms with van der Waals surface area (Å²) in [5.41, 5.74) is 1.03. The number of amides is 1.